The topological polar surface area (TPSA) is 30.8 Å². The highest BCUT2D eigenvalue weighted by atomic mass is 28.4. The standard InChI is InChI=1S/C15H31NO2Si2/c1-13(11-16-14(2)18-19(6,7)8)12-17-20(9,10)15(3,4)5/h11H,1-2,12H2,3-10H3. The normalized spacial score (nSPS) is 13.6. The van der Waals surface area contributed by atoms with E-state index in [-0.39, 0.29) is 5.04 Å². The van der Waals surface area contributed by atoms with E-state index in [0.717, 1.165) is 5.57 Å². The van der Waals surface area contributed by atoms with Gasteiger partial charge in [0.2, 0.25) is 8.32 Å². The molecular weight excluding hydrogens is 282 g/mol. The zero-order chi connectivity index (χ0) is 16.2. The molecule has 0 aliphatic carbocycles. The van der Waals surface area contributed by atoms with Crippen LogP contribution in [0.5, 0.6) is 0 Å². The van der Waals surface area contributed by atoms with Crippen LogP contribution in [-0.4, -0.2) is 29.5 Å². The van der Waals surface area contributed by atoms with Crippen LogP contribution in [-0.2, 0) is 8.85 Å². The summed E-state index contributed by atoms with van der Waals surface area (Å²) in [5, 5.41) is 0.203. The van der Waals surface area contributed by atoms with E-state index in [1.54, 1.807) is 6.21 Å². The van der Waals surface area contributed by atoms with Gasteiger partial charge in [0.15, 0.2) is 14.2 Å². The van der Waals surface area contributed by atoms with Gasteiger partial charge in [-0.2, -0.15) is 0 Å². The minimum atomic E-state index is -1.73. The highest BCUT2D eigenvalue weighted by molar-refractivity contribution is 6.74. The third-order valence-electron chi connectivity index (χ3n) is 3.24. The Morgan fingerprint density at radius 1 is 1.10 bits per heavy atom. The molecule has 0 rings (SSSR count). The van der Waals surface area contributed by atoms with Crippen molar-refractivity contribution in [3.05, 3.63) is 24.6 Å². The Morgan fingerprint density at radius 2 is 1.60 bits per heavy atom. The molecule has 5 heteroatoms. The van der Waals surface area contributed by atoms with Crippen molar-refractivity contribution in [2.75, 3.05) is 6.61 Å². The molecule has 0 saturated heterocycles. The predicted molar refractivity (Wildman–Crippen MR) is 94.4 cm³/mol. The van der Waals surface area contributed by atoms with Crippen LogP contribution in [0.1, 0.15) is 20.8 Å². The average molecular weight is 314 g/mol. The van der Waals surface area contributed by atoms with E-state index in [1.165, 1.54) is 0 Å². The summed E-state index contributed by atoms with van der Waals surface area (Å²) >= 11 is 0. The summed E-state index contributed by atoms with van der Waals surface area (Å²) in [5.74, 6) is 0.456. The van der Waals surface area contributed by atoms with Crippen molar-refractivity contribution in [3.8, 4) is 0 Å². The minimum absolute atomic E-state index is 0.203. The first kappa shape index (κ1) is 19.3. The molecule has 0 aromatic carbocycles. The van der Waals surface area contributed by atoms with Crippen molar-refractivity contribution in [2.45, 2.75) is 58.5 Å². The number of aliphatic imine (C=N–C) groups is 1. The molecule has 0 aliphatic rings. The van der Waals surface area contributed by atoms with Gasteiger partial charge in [-0.25, -0.2) is 4.99 Å². The van der Waals surface area contributed by atoms with E-state index in [1.807, 2.05) is 0 Å². The van der Waals surface area contributed by atoms with E-state index in [9.17, 15) is 0 Å². The Morgan fingerprint density at radius 3 is 2.00 bits per heavy atom. The van der Waals surface area contributed by atoms with Gasteiger partial charge >= 0.3 is 0 Å². The van der Waals surface area contributed by atoms with E-state index < -0.39 is 16.6 Å². The molecule has 20 heavy (non-hydrogen) atoms. The lowest BCUT2D eigenvalue weighted by atomic mass is 10.2. The summed E-state index contributed by atoms with van der Waals surface area (Å²) in [6.07, 6.45) is 1.69. The molecule has 0 bridgehead atoms. The minimum Gasteiger partial charge on any atom is -0.532 e. The highest BCUT2D eigenvalue weighted by Crippen LogP contribution is 2.36. The Balaban J connectivity index is 4.36. The first-order chi connectivity index (χ1) is 8.74. The Hall–Kier alpha value is -0.656. The third kappa shape index (κ3) is 7.82. The maximum atomic E-state index is 6.08. The van der Waals surface area contributed by atoms with Gasteiger partial charge in [0.25, 0.3) is 0 Å². The lowest BCUT2D eigenvalue weighted by Gasteiger charge is -2.36. The van der Waals surface area contributed by atoms with Gasteiger partial charge in [-0.1, -0.05) is 27.4 Å². The van der Waals surface area contributed by atoms with E-state index >= 15 is 0 Å². The van der Waals surface area contributed by atoms with Crippen molar-refractivity contribution >= 4 is 22.8 Å². The first-order valence-corrected chi connectivity index (χ1v) is 13.3. The molecule has 0 radical (unpaired) electrons. The second-order valence-electron chi connectivity index (χ2n) is 7.57. The van der Waals surface area contributed by atoms with Crippen molar-refractivity contribution in [1.29, 1.82) is 0 Å². The smallest absolute Gasteiger partial charge is 0.244 e. The molecular formula is C15H31NO2Si2. The molecule has 0 aromatic rings. The molecule has 0 N–H and O–H groups in total. The molecule has 0 heterocycles. The van der Waals surface area contributed by atoms with Crippen LogP contribution in [0.3, 0.4) is 0 Å². The third-order valence-corrected chi connectivity index (χ3v) is 8.57. The van der Waals surface area contributed by atoms with Gasteiger partial charge in [-0.05, 0) is 49.9 Å². The Labute approximate surface area is 127 Å². The number of hydrogen-bond donors (Lipinski definition) is 0. The lowest BCUT2D eigenvalue weighted by molar-refractivity contribution is 0.324. The summed E-state index contributed by atoms with van der Waals surface area (Å²) in [7, 11) is -3.36. The van der Waals surface area contributed by atoms with Crippen molar-refractivity contribution < 1.29 is 8.85 Å². The van der Waals surface area contributed by atoms with Crippen molar-refractivity contribution in [2.24, 2.45) is 4.99 Å². The summed E-state index contributed by atoms with van der Waals surface area (Å²) in [6.45, 7) is 25.7. The molecule has 116 valence electrons. The average Bonchev–Trinajstić information content (AvgIpc) is 2.19. The zero-order valence-corrected chi connectivity index (χ0v) is 16.5. The van der Waals surface area contributed by atoms with E-state index in [4.69, 9.17) is 8.85 Å². The van der Waals surface area contributed by atoms with Crippen molar-refractivity contribution in [3.63, 3.8) is 0 Å². The van der Waals surface area contributed by atoms with Gasteiger partial charge in [0, 0.05) is 6.21 Å². The van der Waals surface area contributed by atoms with Crippen LogP contribution >= 0.6 is 0 Å². The van der Waals surface area contributed by atoms with Gasteiger partial charge in [0.1, 0.15) is 0 Å². The quantitative estimate of drug-likeness (QED) is 0.378. The van der Waals surface area contributed by atoms with Crippen LogP contribution in [0.25, 0.3) is 0 Å². The second-order valence-corrected chi connectivity index (χ2v) is 16.8. The zero-order valence-electron chi connectivity index (χ0n) is 14.5. The van der Waals surface area contributed by atoms with Gasteiger partial charge in [-0.3, -0.25) is 0 Å². The summed E-state index contributed by atoms with van der Waals surface area (Å²) < 4.78 is 11.7. The maximum absolute atomic E-state index is 6.08. The molecule has 0 amide bonds. The predicted octanol–water partition coefficient (Wildman–Crippen LogP) is 4.96. The lowest BCUT2D eigenvalue weighted by Crippen LogP contribution is -2.41. The molecule has 0 aliphatic heterocycles. The number of rotatable bonds is 7. The molecule has 3 nitrogen and oxygen atoms in total. The Bertz CT molecular complexity index is 388. The molecule has 0 atom stereocenters. The second kappa shape index (κ2) is 6.87. The molecule has 0 unspecified atom stereocenters. The Kier molecular flexibility index (Phi) is 6.64. The fourth-order valence-electron chi connectivity index (χ4n) is 1.07. The van der Waals surface area contributed by atoms with Crippen LogP contribution in [0.2, 0.25) is 37.8 Å². The maximum Gasteiger partial charge on any atom is 0.244 e. The highest BCUT2D eigenvalue weighted by Gasteiger charge is 2.36. The summed E-state index contributed by atoms with van der Waals surface area (Å²) in [5.41, 5.74) is 0.843. The number of hydrogen-bond acceptors (Lipinski definition) is 3. The molecule has 0 aromatic heterocycles. The summed E-state index contributed by atoms with van der Waals surface area (Å²) in [6, 6.07) is 0. The van der Waals surface area contributed by atoms with Crippen LogP contribution in [0.15, 0.2) is 29.6 Å². The van der Waals surface area contributed by atoms with Crippen LogP contribution in [0.4, 0.5) is 0 Å². The van der Waals surface area contributed by atoms with Crippen molar-refractivity contribution in [1.82, 2.24) is 0 Å². The van der Waals surface area contributed by atoms with Gasteiger partial charge < -0.3 is 8.85 Å². The van der Waals surface area contributed by atoms with E-state index in [2.05, 4.69) is 71.7 Å². The molecule has 0 fully saturated rings. The van der Waals surface area contributed by atoms with Gasteiger partial charge in [0.05, 0.1) is 6.61 Å². The first-order valence-electron chi connectivity index (χ1n) is 6.98. The largest absolute Gasteiger partial charge is 0.532 e. The summed E-state index contributed by atoms with van der Waals surface area (Å²) in [4.78, 5) is 4.20. The van der Waals surface area contributed by atoms with E-state index in [0.29, 0.717) is 12.5 Å². The molecule has 0 spiro atoms. The van der Waals surface area contributed by atoms with Crippen LogP contribution in [0, 0.1) is 0 Å². The van der Waals surface area contributed by atoms with Crippen LogP contribution < -0.4 is 0 Å². The molecule has 0 saturated carbocycles. The SMILES string of the molecule is C=C(C=NC(=C)O[Si](C)(C)C)CO[Si](C)(C)C(C)(C)C. The number of nitrogens with zero attached hydrogens (tertiary/aromatic N) is 1. The monoisotopic (exact) mass is 313 g/mol. The van der Waals surface area contributed by atoms with Gasteiger partial charge in [-0.15, -0.1) is 0 Å². The fraction of sp³-hybridized carbons (Fsp3) is 0.667. The fourth-order valence-corrected chi connectivity index (χ4v) is 2.81.